The van der Waals surface area contributed by atoms with E-state index in [4.69, 9.17) is 10.5 Å². The van der Waals surface area contributed by atoms with Crippen molar-refractivity contribution >= 4 is 23.0 Å². The van der Waals surface area contributed by atoms with Crippen molar-refractivity contribution in [2.24, 2.45) is 5.92 Å². The molecule has 2 aliphatic rings. The van der Waals surface area contributed by atoms with Crippen LogP contribution in [0.3, 0.4) is 0 Å². The fourth-order valence-corrected chi connectivity index (χ4v) is 3.21. The molecule has 1 amide bonds. The molecule has 1 aromatic carbocycles. The number of carbonyl (C=O) groups is 1. The number of carbonyl (C=O) groups excluding carboxylic acids is 1. The number of nitrogens with two attached hydrogens (primary N) is 1. The molecule has 21 heavy (non-hydrogen) atoms. The molecule has 0 bridgehead atoms. The van der Waals surface area contributed by atoms with Crippen LogP contribution in [-0.4, -0.2) is 19.1 Å². The molecule has 1 fully saturated rings. The molecule has 114 valence electrons. The topological polar surface area (TPSA) is 76.4 Å². The number of nitrogen functional groups attached to an aromatic ring is 1. The first-order valence-electron chi connectivity index (χ1n) is 7.82. The number of rotatable bonds is 5. The van der Waals surface area contributed by atoms with Gasteiger partial charge < -0.3 is 21.1 Å². The fraction of sp³-hybridized carbons (Fsp3) is 0.562. The Labute approximate surface area is 125 Å². The highest BCUT2D eigenvalue weighted by Crippen LogP contribution is 2.35. The second-order valence-corrected chi connectivity index (χ2v) is 5.99. The normalized spacial score (nSPS) is 18.0. The van der Waals surface area contributed by atoms with Gasteiger partial charge in [-0.15, -0.1) is 0 Å². The number of fused-ring (bicyclic) bond motifs is 1. The quantitative estimate of drug-likeness (QED) is 0.575. The van der Waals surface area contributed by atoms with Crippen molar-refractivity contribution in [3.63, 3.8) is 0 Å². The molecular formula is C16H23N3O2. The Hall–Kier alpha value is -1.91. The molecule has 0 spiro atoms. The summed E-state index contributed by atoms with van der Waals surface area (Å²) in [5.74, 6) is 1.43. The van der Waals surface area contributed by atoms with Gasteiger partial charge in [0.05, 0.1) is 17.1 Å². The Kier molecular flexibility index (Phi) is 4.18. The highest BCUT2D eigenvalue weighted by Gasteiger charge is 2.18. The molecule has 1 heterocycles. The molecule has 0 radical (unpaired) electrons. The summed E-state index contributed by atoms with van der Waals surface area (Å²) in [7, 11) is 0. The molecule has 0 unspecified atom stereocenters. The second kappa shape index (κ2) is 6.24. The minimum Gasteiger partial charge on any atom is -0.482 e. The number of nitrogens with one attached hydrogen (secondary N) is 2. The van der Waals surface area contributed by atoms with Gasteiger partial charge in [0.15, 0.2) is 6.61 Å². The zero-order valence-corrected chi connectivity index (χ0v) is 12.3. The molecule has 1 saturated carbocycles. The monoisotopic (exact) mass is 289 g/mol. The molecule has 0 atom stereocenters. The zero-order valence-electron chi connectivity index (χ0n) is 12.3. The number of anilines is 3. The van der Waals surface area contributed by atoms with E-state index in [0.29, 0.717) is 17.1 Å². The van der Waals surface area contributed by atoms with Crippen molar-refractivity contribution in [3.8, 4) is 5.75 Å². The number of benzene rings is 1. The van der Waals surface area contributed by atoms with Gasteiger partial charge in [-0.05, 0) is 24.8 Å². The number of hydrogen-bond acceptors (Lipinski definition) is 4. The minimum atomic E-state index is -0.126. The predicted molar refractivity (Wildman–Crippen MR) is 84.7 cm³/mol. The smallest absolute Gasteiger partial charge is 0.262 e. The first kappa shape index (κ1) is 14.0. The average Bonchev–Trinajstić information content (AvgIpc) is 2.97. The third kappa shape index (κ3) is 3.40. The van der Waals surface area contributed by atoms with Gasteiger partial charge in [-0.3, -0.25) is 4.79 Å². The van der Waals surface area contributed by atoms with E-state index < -0.39 is 0 Å². The van der Waals surface area contributed by atoms with E-state index >= 15 is 0 Å². The first-order chi connectivity index (χ1) is 10.2. The lowest BCUT2D eigenvalue weighted by Crippen LogP contribution is -2.25. The standard InChI is InChI=1S/C16H23N3O2/c17-12-8-15-14(19-16(20)10-21-15)9-13(12)18-7-3-6-11-4-1-2-5-11/h8-9,11,18H,1-7,10,17H2,(H,19,20). The molecule has 0 aromatic heterocycles. The fourth-order valence-electron chi connectivity index (χ4n) is 3.21. The number of hydrogen-bond donors (Lipinski definition) is 3. The van der Waals surface area contributed by atoms with Crippen LogP contribution in [0.4, 0.5) is 17.1 Å². The van der Waals surface area contributed by atoms with Crippen molar-refractivity contribution in [2.75, 3.05) is 29.5 Å². The van der Waals surface area contributed by atoms with Gasteiger partial charge in [-0.25, -0.2) is 0 Å². The summed E-state index contributed by atoms with van der Waals surface area (Å²) in [5.41, 5.74) is 8.25. The molecule has 5 nitrogen and oxygen atoms in total. The molecule has 1 aromatic rings. The van der Waals surface area contributed by atoms with E-state index in [-0.39, 0.29) is 12.5 Å². The van der Waals surface area contributed by atoms with Crippen molar-refractivity contribution < 1.29 is 9.53 Å². The van der Waals surface area contributed by atoms with Gasteiger partial charge >= 0.3 is 0 Å². The third-order valence-electron chi connectivity index (χ3n) is 4.36. The van der Waals surface area contributed by atoms with Gasteiger partial charge in [0, 0.05) is 12.6 Å². The number of amides is 1. The zero-order chi connectivity index (χ0) is 14.7. The van der Waals surface area contributed by atoms with Crippen molar-refractivity contribution in [1.82, 2.24) is 0 Å². The SMILES string of the molecule is Nc1cc2c(cc1NCCCC1CCCC1)NC(=O)CO2. The Morgan fingerprint density at radius 1 is 1.33 bits per heavy atom. The van der Waals surface area contributed by atoms with Crippen LogP contribution in [-0.2, 0) is 4.79 Å². The van der Waals surface area contributed by atoms with Gasteiger partial charge in [0.2, 0.25) is 0 Å². The van der Waals surface area contributed by atoms with E-state index in [1.165, 1.54) is 32.1 Å². The summed E-state index contributed by atoms with van der Waals surface area (Å²) in [5, 5.41) is 6.17. The van der Waals surface area contributed by atoms with Crippen LogP contribution in [0.5, 0.6) is 5.75 Å². The van der Waals surface area contributed by atoms with Crippen molar-refractivity contribution in [2.45, 2.75) is 38.5 Å². The molecule has 5 heteroatoms. The van der Waals surface area contributed by atoms with E-state index in [9.17, 15) is 4.79 Å². The predicted octanol–water partition coefficient (Wildman–Crippen LogP) is 2.98. The highest BCUT2D eigenvalue weighted by molar-refractivity contribution is 5.97. The van der Waals surface area contributed by atoms with Crippen LogP contribution in [0.25, 0.3) is 0 Å². The van der Waals surface area contributed by atoms with Gasteiger partial charge in [0.25, 0.3) is 5.91 Å². The highest BCUT2D eigenvalue weighted by atomic mass is 16.5. The molecule has 3 rings (SSSR count). The van der Waals surface area contributed by atoms with Crippen molar-refractivity contribution in [3.05, 3.63) is 12.1 Å². The lowest BCUT2D eigenvalue weighted by atomic mass is 10.0. The van der Waals surface area contributed by atoms with Crippen LogP contribution >= 0.6 is 0 Å². The summed E-state index contributed by atoms with van der Waals surface area (Å²) in [6.07, 6.45) is 8.03. The van der Waals surface area contributed by atoms with Crippen LogP contribution in [0.15, 0.2) is 12.1 Å². The molecule has 1 aliphatic heterocycles. The summed E-state index contributed by atoms with van der Waals surface area (Å²) in [6.45, 7) is 0.967. The maximum absolute atomic E-state index is 11.3. The van der Waals surface area contributed by atoms with Crippen LogP contribution in [0.2, 0.25) is 0 Å². The Morgan fingerprint density at radius 2 is 2.14 bits per heavy atom. The van der Waals surface area contributed by atoms with Crippen LogP contribution in [0.1, 0.15) is 38.5 Å². The lowest BCUT2D eigenvalue weighted by molar-refractivity contribution is -0.118. The molecule has 0 saturated heterocycles. The number of ether oxygens (including phenoxy) is 1. The minimum absolute atomic E-state index is 0.0562. The molecule has 4 N–H and O–H groups in total. The van der Waals surface area contributed by atoms with E-state index in [0.717, 1.165) is 24.6 Å². The maximum Gasteiger partial charge on any atom is 0.262 e. The van der Waals surface area contributed by atoms with Gasteiger partial charge in [-0.1, -0.05) is 25.7 Å². The van der Waals surface area contributed by atoms with E-state index in [1.54, 1.807) is 6.07 Å². The maximum atomic E-state index is 11.3. The second-order valence-electron chi connectivity index (χ2n) is 5.99. The summed E-state index contributed by atoms with van der Waals surface area (Å²) in [4.78, 5) is 11.3. The largest absolute Gasteiger partial charge is 0.482 e. The third-order valence-corrected chi connectivity index (χ3v) is 4.36. The summed E-state index contributed by atoms with van der Waals surface area (Å²) < 4.78 is 5.34. The van der Waals surface area contributed by atoms with Crippen LogP contribution in [0, 0.1) is 5.92 Å². The molecule has 1 aliphatic carbocycles. The van der Waals surface area contributed by atoms with Crippen molar-refractivity contribution in [1.29, 1.82) is 0 Å². The Balaban J connectivity index is 1.55. The lowest BCUT2D eigenvalue weighted by Gasteiger charge is -2.20. The summed E-state index contributed by atoms with van der Waals surface area (Å²) >= 11 is 0. The molecular weight excluding hydrogens is 266 g/mol. The first-order valence-corrected chi connectivity index (χ1v) is 7.82. The summed E-state index contributed by atoms with van der Waals surface area (Å²) in [6, 6.07) is 3.63. The van der Waals surface area contributed by atoms with E-state index in [2.05, 4.69) is 10.6 Å². The van der Waals surface area contributed by atoms with Gasteiger partial charge in [0.1, 0.15) is 5.75 Å². The van der Waals surface area contributed by atoms with Gasteiger partial charge in [-0.2, -0.15) is 0 Å². The van der Waals surface area contributed by atoms with Crippen LogP contribution < -0.4 is 21.1 Å². The van der Waals surface area contributed by atoms with E-state index in [1.807, 2.05) is 6.07 Å². The Morgan fingerprint density at radius 3 is 2.95 bits per heavy atom. The average molecular weight is 289 g/mol. The Bertz CT molecular complexity index is 524.